The highest BCUT2D eigenvalue weighted by atomic mass is 15.2. The Hall–Kier alpha value is -5.84. The number of aromatic nitrogens is 8. The average Bonchev–Trinajstić information content (AvgIpc) is 3.64. The maximum Gasteiger partial charge on any atom is 0.229 e. The Morgan fingerprint density at radius 3 is 2.16 bits per heavy atom. The fourth-order valence-electron chi connectivity index (χ4n) is 4.91. The van der Waals surface area contributed by atoms with E-state index < -0.39 is 0 Å². The number of hydrogen-bond acceptors (Lipinski definition) is 9. The molecule has 11 heteroatoms. The fourth-order valence-corrected chi connectivity index (χ4v) is 4.91. The van der Waals surface area contributed by atoms with Crippen molar-refractivity contribution in [2.24, 2.45) is 0 Å². The summed E-state index contributed by atoms with van der Waals surface area (Å²) in [6.07, 6.45) is 4.02. The van der Waals surface area contributed by atoms with Gasteiger partial charge in [0.1, 0.15) is 18.0 Å². The van der Waals surface area contributed by atoms with Gasteiger partial charge in [-0.2, -0.15) is 15.2 Å². The van der Waals surface area contributed by atoms with Gasteiger partial charge >= 0.3 is 0 Å². The van der Waals surface area contributed by atoms with Crippen molar-refractivity contribution in [3.8, 4) is 0 Å². The summed E-state index contributed by atoms with van der Waals surface area (Å²) in [4.78, 5) is 17.8. The van der Waals surface area contributed by atoms with Gasteiger partial charge < -0.3 is 16.0 Å². The molecular formula is C33H31N11. The van der Waals surface area contributed by atoms with E-state index in [0.29, 0.717) is 11.9 Å². The minimum atomic E-state index is 0.555. The Bertz CT molecular complexity index is 2050. The molecule has 0 bridgehead atoms. The zero-order valence-electron chi connectivity index (χ0n) is 24.3. The van der Waals surface area contributed by atoms with Gasteiger partial charge in [-0.1, -0.05) is 36.4 Å². The van der Waals surface area contributed by atoms with E-state index in [1.807, 2.05) is 73.7 Å². The van der Waals surface area contributed by atoms with Crippen molar-refractivity contribution >= 4 is 56.7 Å². The highest BCUT2D eigenvalue weighted by Gasteiger charge is 2.25. The number of benzene rings is 3. The van der Waals surface area contributed by atoms with Crippen molar-refractivity contribution in [3.05, 3.63) is 108 Å². The minimum Gasteiger partial charge on any atom is -0.324 e. The van der Waals surface area contributed by atoms with E-state index >= 15 is 0 Å². The number of aryl methyl sites for hydroxylation is 2. The van der Waals surface area contributed by atoms with Gasteiger partial charge in [0.2, 0.25) is 5.95 Å². The third kappa shape index (κ3) is 6.16. The quantitative estimate of drug-likeness (QED) is 0.130. The standard InChI is InChI=1S/C21H20N6.C12H11N5/c1-13-5-4-6-15(11-13)22-21-23-17-8-3-2-7-16(17)20(25-21)24-19-12-18(26-27-19)14-9-10-14;1-8-6-11(17-16-8)15-12-9-4-2-3-5-10(9)13-7-14-12/h2-8,11-12,14H,9-10H2,1H3,(H3,22,23,24,25,26,27);2-7H,1H3,(H2,13,14,15,16,17). The van der Waals surface area contributed by atoms with Crippen LogP contribution in [0, 0.1) is 13.8 Å². The van der Waals surface area contributed by atoms with E-state index in [0.717, 1.165) is 56.5 Å². The SMILES string of the molecule is Cc1cc(Nc2ncnc3ccccc23)n[nH]1.Cc1cccc(Nc2nc(Nc3cc(C4CC4)[nH]n3)c3ccccc3n2)c1. The molecule has 218 valence electrons. The van der Waals surface area contributed by atoms with Crippen molar-refractivity contribution in [3.63, 3.8) is 0 Å². The van der Waals surface area contributed by atoms with Crippen molar-refractivity contribution in [2.45, 2.75) is 32.6 Å². The summed E-state index contributed by atoms with van der Waals surface area (Å²) in [6.45, 7) is 4.02. The maximum atomic E-state index is 4.70. The molecule has 4 heterocycles. The molecule has 5 N–H and O–H groups in total. The van der Waals surface area contributed by atoms with Crippen molar-refractivity contribution in [1.82, 2.24) is 40.3 Å². The number of rotatable bonds is 7. The molecule has 0 aliphatic heterocycles. The topological polar surface area (TPSA) is 145 Å². The smallest absolute Gasteiger partial charge is 0.229 e. The van der Waals surface area contributed by atoms with Gasteiger partial charge in [-0.3, -0.25) is 10.2 Å². The van der Waals surface area contributed by atoms with Gasteiger partial charge in [0.25, 0.3) is 0 Å². The number of anilines is 6. The zero-order valence-corrected chi connectivity index (χ0v) is 24.3. The largest absolute Gasteiger partial charge is 0.324 e. The summed E-state index contributed by atoms with van der Waals surface area (Å²) in [6, 6.07) is 28.0. The number of hydrogen-bond donors (Lipinski definition) is 5. The Morgan fingerprint density at radius 1 is 0.659 bits per heavy atom. The third-order valence-electron chi connectivity index (χ3n) is 7.23. The first-order chi connectivity index (χ1) is 21.6. The molecule has 1 saturated carbocycles. The number of H-pyrrole nitrogens is 2. The predicted molar refractivity (Wildman–Crippen MR) is 174 cm³/mol. The first kappa shape index (κ1) is 27.0. The summed E-state index contributed by atoms with van der Waals surface area (Å²) in [5, 5.41) is 26.3. The van der Waals surface area contributed by atoms with Crippen LogP contribution in [-0.2, 0) is 0 Å². The van der Waals surface area contributed by atoms with Crippen LogP contribution in [0.25, 0.3) is 21.8 Å². The predicted octanol–water partition coefficient (Wildman–Crippen LogP) is 7.43. The van der Waals surface area contributed by atoms with Crippen LogP contribution in [-0.4, -0.2) is 40.3 Å². The Kier molecular flexibility index (Phi) is 7.25. The Labute approximate surface area is 253 Å². The second-order valence-electron chi connectivity index (χ2n) is 10.8. The molecule has 1 aliphatic rings. The lowest BCUT2D eigenvalue weighted by Crippen LogP contribution is -2.02. The molecule has 1 aliphatic carbocycles. The van der Waals surface area contributed by atoms with Crippen LogP contribution >= 0.6 is 0 Å². The normalized spacial score (nSPS) is 12.5. The maximum absolute atomic E-state index is 4.70. The van der Waals surface area contributed by atoms with Crippen molar-refractivity contribution in [2.75, 3.05) is 16.0 Å². The van der Waals surface area contributed by atoms with E-state index in [2.05, 4.69) is 76.4 Å². The van der Waals surface area contributed by atoms with Gasteiger partial charge in [-0.25, -0.2) is 15.0 Å². The van der Waals surface area contributed by atoms with E-state index in [1.165, 1.54) is 24.1 Å². The summed E-state index contributed by atoms with van der Waals surface area (Å²) in [5.41, 5.74) is 6.13. The van der Waals surface area contributed by atoms with E-state index in [9.17, 15) is 0 Å². The number of nitrogens with zero attached hydrogens (tertiary/aromatic N) is 6. The molecule has 0 spiro atoms. The highest BCUT2D eigenvalue weighted by molar-refractivity contribution is 5.92. The minimum absolute atomic E-state index is 0.555. The molecule has 11 nitrogen and oxygen atoms in total. The Balaban J connectivity index is 0.000000158. The molecule has 0 radical (unpaired) electrons. The molecule has 7 aromatic rings. The molecule has 0 saturated heterocycles. The second kappa shape index (κ2) is 11.8. The van der Waals surface area contributed by atoms with Crippen LogP contribution in [0.3, 0.4) is 0 Å². The first-order valence-electron chi connectivity index (χ1n) is 14.5. The van der Waals surface area contributed by atoms with Gasteiger partial charge in [0.05, 0.1) is 11.0 Å². The van der Waals surface area contributed by atoms with Gasteiger partial charge in [0.15, 0.2) is 11.6 Å². The Morgan fingerprint density at radius 2 is 1.39 bits per heavy atom. The summed E-state index contributed by atoms with van der Waals surface area (Å²) >= 11 is 0. The van der Waals surface area contributed by atoms with E-state index in [1.54, 1.807) is 6.33 Å². The van der Waals surface area contributed by atoms with E-state index in [-0.39, 0.29) is 0 Å². The molecule has 0 unspecified atom stereocenters. The monoisotopic (exact) mass is 581 g/mol. The number of nitrogens with one attached hydrogen (secondary N) is 5. The van der Waals surface area contributed by atoms with Crippen molar-refractivity contribution in [1.29, 1.82) is 0 Å². The van der Waals surface area contributed by atoms with Crippen LogP contribution in [0.4, 0.5) is 34.9 Å². The van der Waals surface area contributed by atoms with Gasteiger partial charge in [-0.05, 0) is 68.7 Å². The molecule has 0 atom stereocenters. The lowest BCUT2D eigenvalue weighted by molar-refractivity contribution is 0.966. The van der Waals surface area contributed by atoms with Crippen LogP contribution in [0.5, 0.6) is 0 Å². The average molecular weight is 582 g/mol. The molecule has 44 heavy (non-hydrogen) atoms. The van der Waals surface area contributed by atoms with Crippen LogP contribution < -0.4 is 16.0 Å². The molecular weight excluding hydrogens is 550 g/mol. The summed E-state index contributed by atoms with van der Waals surface area (Å²) in [5.74, 6) is 4.23. The lowest BCUT2D eigenvalue weighted by atomic mass is 10.2. The number of fused-ring (bicyclic) bond motifs is 2. The van der Waals surface area contributed by atoms with E-state index in [4.69, 9.17) is 4.98 Å². The molecule has 0 amide bonds. The first-order valence-corrected chi connectivity index (χ1v) is 14.5. The molecule has 8 rings (SSSR count). The molecule has 1 fully saturated rings. The van der Waals surface area contributed by atoms with Gasteiger partial charge in [0, 0.05) is 45.9 Å². The second-order valence-corrected chi connectivity index (χ2v) is 10.8. The molecule has 4 aromatic heterocycles. The summed E-state index contributed by atoms with van der Waals surface area (Å²) in [7, 11) is 0. The third-order valence-corrected chi connectivity index (χ3v) is 7.23. The fraction of sp³-hybridized carbons (Fsp3) is 0.152. The zero-order chi connectivity index (χ0) is 29.9. The van der Waals surface area contributed by atoms with Crippen LogP contribution in [0.15, 0.2) is 91.3 Å². The van der Waals surface area contributed by atoms with Crippen LogP contribution in [0.1, 0.15) is 35.7 Å². The molecule has 3 aromatic carbocycles. The number of para-hydroxylation sites is 2. The number of aromatic amines is 2. The van der Waals surface area contributed by atoms with Crippen LogP contribution in [0.2, 0.25) is 0 Å². The highest BCUT2D eigenvalue weighted by Crippen LogP contribution is 2.40. The van der Waals surface area contributed by atoms with Crippen molar-refractivity contribution < 1.29 is 0 Å². The summed E-state index contributed by atoms with van der Waals surface area (Å²) < 4.78 is 0. The van der Waals surface area contributed by atoms with Gasteiger partial charge in [-0.15, -0.1) is 0 Å². The lowest BCUT2D eigenvalue weighted by Gasteiger charge is -2.11.